The minimum Gasteiger partial charge on any atom is -0.496 e. The second-order valence-electron chi connectivity index (χ2n) is 2.05. The highest BCUT2D eigenvalue weighted by Crippen LogP contribution is 1.97. The van der Waals surface area contributed by atoms with Crippen molar-refractivity contribution in [3.05, 3.63) is 36.1 Å². The second kappa shape index (κ2) is 14.3. The van der Waals surface area contributed by atoms with Crippen LogP contribution in [0.4, 0.5) is 0 Å². The predicted octanol–water partition coefficient (Wildman–Crippen LogP) is 4.25. The fourth-order valence-electron chi connectivity index (χ4n) is 0.315. The quantitative estimate of drug-likeness (QED) is 0.320. The molecule has 1 nitrogen and oxygen atoms in total. The smallest absolute Gasteiger partial charge is 0.106 e. The van der Waals surface area contributed by atoms with Crippen LogP contribution in [0.1, 0.15) is 13.8 Å². The monoisotopic (exact) mass is 266 g/mol. The van der Waals surface area contributed by atoms with Crippen LogP contribution in [-0.2, 0) is 4.74 Å². The fourth-order valence-corrected chi connectivity index (χ4v) is 0.378. The van der Waals surface area contributed by atoms with Gasteiger partial charge in [-0.15, -0.1) is 6.58 Å². The molecule has 0 aromatic rings. The van der Waals surface area contributed by atoms with Crippen LogP contribution >= 0.6 is 27.5 Å². The van der Waals surface area contributed by atoms with E-state index in [2.05, 4.69) is 22.5 Å². The van der Waals surface area contributed by atoms with Crippen molar-refractivity contribution in [1.29, 1.82) is 0 Å². The van der Waals surface area contributed by atoms with Crippen molar-refractivity contribution < 1.29 is 4.74 Å². The number of rotatable bonds is 4. The summed E-state index contributed by atoms with van der Waals surface area (Å²) in [7, 11) is 0. The molecule has 0 aliphatic carbocycles. The average Bonchev–Trinajstić information content (AvgIpc) is 2.13. The summed E-state index contributed by atoms with van der Waals surface area (Å²) in [6, 6.07) is 0. The Morgan fingerprint density at radius 2 is 2.15 bits per heavy atom. The van der Waals surface area contributed by atoms with Gasteiger partial charge in [-0.3, -0.25) is 0 Å². The van der Waals surface area contributed by atoms with E-state index in [9.17, 15) is 0 Å². The molecule has 13 heavy (non-hydrogen) atoms. The summed E-state index contributed by atoms with van der Waals surface area (Å²) in [6.07, 6.45) is 7.16. The molecule has 0 amide bonds. The molecule has 0 aliphatic rings. The summed E-state index contributed by atoms with van der Waals surface area (Å²) in [5.41, 5.74) is 0. The summed E-state index contributed by atoms with van der Waals surface area (Å²) < 4.78 is 4.95. The standard InChI is InChI=1S/C7H11ClO.C3H5Br/c1-3-4-5-9-6-7(2)8;1-2-3-4/h3-4,6H,5H2,1-2H3;2H,1,3H2/b4-3-,7-6-;. The number of hydrogen-bond donors (Lipinski definition) is 0. The minimum absolute atomic E-state index is 0.598. The SMILES string of the molecule is C/C=C\CO/C=C(/C)Cl.C=CCBr. The Bertz CT molecular complexity index is 160. The molecule has 0 unspecified atom stereocenters. The summed E-state index contributed by atoms with van der Waals surface area (Å²) in [5.74, 6) is 0. The normalized spacial score (nSPS) is 10.6. The van der Waals surface area contributed by atoms with Crippen molar-refractivity contribution >= 4 is 27.5 Å². The maximum absolute atomic E-state index is 5.47. The van der Waals surface area contributed by atoms with Gasteiger partial charge >= 0.3 is 0 Å². The molecular weight excluding hydrogens is 251 g/mol. The lowest BCUT2D eigenvalue weighted by Gasteiger charge is -1.92. The van der Waals surface area contributed by atoms with Crippen molar-refractivity contribution in [2.75, 3.05) is 11.9 Å². The zero-order valence-corrected chi connectivity index (χ0v) is 10.4. The fraction of sp³-hybridized carbons (Fsp3) is 0.400. The largest absolute Gasteiger partial charge is 0.496 e. The summed E-state index contributed by atoms with van der Waals surface area (Å²) in [4.78, 5) is 0. The van der Waals surface area contributed by atoms with E-state index < -0.39 is 0 Å². The third kappa shape index (κ3) is 24.5. The van der Waals surface area contributed by atoms with Crippen molar-refractivity contribution in [2.45, 2.75) is 13.8 Å². The van der Waals surface area contributed by atoms with Gasteiger partial charge in [-0.1, -0.05) is 45.8 Å². The second-order valence-corrected chi connectivity index (χ2v) is 3.29. The number of alkyl halides is 1. The highest BCUT2D eigenvalue weighted by molar-refractivity contribution is 9.09. The molecular formula is C10H16BrClO. The van der Waals surface area contributed by atoms with E-state index in [-0.39, 0.29) is 0 Å². The third-order valence-electron chi connectivity index (χ3n) is 0.783. The molecule has 0 saturated heterocycles. The Morgan fingerprint density at radius 1 is 1.62 bits per heavy atom. The topological polar surface area (TPSA) is 9.23 Å². The molecule has 0 radical (unpaired) electrons. The maximum Gasteiger partial charge on any atom is 0.106 e. The Morgan fingerprint density at radius 3 is 2.46 bits per heavy atom. The molecule has 0 aliphatic heterocycles. The molecule has 0 heterocycles. The van der Waals surface area contributed by atoms with Crippen LogP contribution in [0.5, 0.6) is 0 Å². The lowest BCUT2D eigenvalue weighted by Crippen LogP contribution is -1.79. The number of halogens is 2. The predicted molar refractivity (Wildman–Crippen MR) is 64.4 cm³/mol. The zero-order valence-electron chi connectivity index (χ0n) is 8.09. The van der Waals surface area contributed by atoms with Crippen LogP contribution in [0.3, 0.4) is 0 Å². The Hall–Kier alpha value is -0.210. The Balaban J connectivity index is 0. The van der Waals surface area contributed by atoms with E-state index in [1.807, 2.05) is 19.1 Å². The molecule has 3 heteroatoms. The number of allylic oxidation sites excluding steroid dienone is 3. The van der Waals surface area contributed by atoms with Gasteiger partial charge in [0.05, 0.1) is 6.26 Å². The highest BCUT2D eigenvalue weighted by Gasteiger charge is 1.76. The number of hydrogen-bond acceptors (Lipinski definition) is 1. The van der Waals surface area contributed by atoms with E-state index in [4.69, 9.17) is 16.3 Å². The lowest BCUT2D eigenvalue weighted by atomic mass is 10.6. The van der Waals surface area contributed by atoms with Crippen LogP contribution in [0.25, 0.3) is 0 Å². The molecule has 0 N–H and O–H groups in total. The van der Waals surface area contributed by atoms with Crippen LogP contribution in [-0.4, -0.2) is 11.9 Å². The van der Waals surface area contributed by atoms with Crippen molar-refractivity contribution in [3.63, 3.8) is 0 Å². The summed E-state index contributed by atoms with van der Waals surface area (Å²) in [5, 5.41) is 1.56. The lowest BCUT2D eigenvalue weighted by molar-refractivity contribution is 0.288. The van der Waals surface area contributed by atoms with Gasteiger partial charge < -0.3 is 4.74 Å². The Labute approximate surface area is 94.2 Å². The third-order valence-corrected chi connectivity index (χ3v) is 1.33. The summed E-state index contributed by atoms with van der Waals surface area (Å²) in [6.45, 7) is 7.75. The van der Waals surface area contributed by atoms with Gasteiger partial charge in [0, 0.05) is 10.4 Å². The van der Waals surface area contributed by atoms with Crippen LogP contribution in [0.2, 0.25) is 0 Å². The maximum atomic E-state index is 5.47. The van der Waals surface area contributed by atoms with Gasteiger partial charge in [-0.2, -0.15) is 0 Å². The van der Waals surface area contributed by atoms with Gasteiger partial charge in [-0.05, 0) is 13.8 Å². The van der Waals surface area contributed by atoms with Crippen molar-refractivity contribution in [2.24, 2.45) is 0 Å². The van der Waals surface area contributed by atoms with Gasteiger partial charge in [0.2, 0.25) is 0 Å². The molecule has 0 rings (SSSR count). The van der Waals surface area contributed by atoms with Gasteiger partial charge in [0.15, 0.2) is 0 Å². The van der Waals surface area contributed by atoms with Crippen molar-refractivity contribution in [3.8, 4) is 0 Å². The first-order valence-electron chi connectivity index (χ1n) is 3.90. The van der Waals surface area contributed by atoms with Gasteiger partial charge in [-0.25, -0.2) is 0 Å². The molecule has 0 fully saturated rings. The minimum atomic E-state index is 0.598. The zero-order chi connectivity index (χ0) is 10.5. The first-order valence-corrected chi connectivity index (χ1v) is 5.40. The van der Waals surface area contributed by atoms with Crippen LogP contribution in [0.15, 0.2) is 36.1 Å². The highest BCUT2D eigenvalue weighted by atomic mass is 79.9. The molecule has 0 spiro atoms. The first kappa shape index (κ1) is 15.3. The van der Waals surface area contributed by atoms with Gasteiger partial charge in [0.25, 0.3) is 0 Å². The Kier molecular flexibility index (Phi) is 16.8. The van der Waals surface area contributed by atoms with E-state index in [0.717, 1.165) is 5.33 Å². The van der Waals surface area contributed by atoms with E-state index in [1.54, 1.807) is 13.0 Å². The number of ether oxygens (including phenoxy) is 1. The molecule has 76 valence electrons. The summed E-state index contributed by atoms with van der Waals surface area (Å²) >= 11 is 8.60. The van der Waals surface area contributed by atoms with Crippen LogP contribution < -0.4 is 0 Å². The molecule has 0 atom stereocenters. The van der Waals surface area contributed by atoms with Crippen molar-refractivity contribution in [1.82, 2.24) is 0 Å². The molecule has 0 bridgehead atoms. The van der Waals surface area contributed by atoms with Gasteiger partial charge in [0.1, 0.15) is 6.61 Å². The van der Waals surface area contributed by atoms with Crippen LogP contribution in [0, 0.1) is 0 Å². The van der Waals surface area contributed by atoms with E-state index in [1.165, 1.54) is 6.26 Å². The molecule has 0 saturated carbocycles. The molecule has 0 aromatic carbocycles. The molecule has 0 aromatic heterocycles. The average molecular weight is 268 g/mol. The van der Waals surface area contributed by atoms with E-state index >= 15 is 0 Å². The first-order chi connectivity index (χ1) is 6.18. The van der Waals surface area contributed by atoms with E-state index in [0.29, 0.717) is 11.6 Å².